The van der Waals surface area contributed by atoms with Crippen LogP contribution in [0.25, 0.3) is 28.0 Å². The first-order valence-corrected chi connectivity index (χ1v) is 13.7. The molecule has 0 bridgehead atoms. The SMILES string of the molecule is O=C(CSc1nnc(-c2ccccc2)n1-c1ccccc1)N=Nc1c(O)n(Cc2ccccc2)c2ccccc12. The molecule has 40 heavy (non-hydrogen) atoms. The number of carbonyl (C=O) groups excluding carboxylic acids is 1. The zero-order chi connectivity index (χ0) is 27.3. The van der Waals surface area contributed by atoms with Crippen LogP contribution in [0, 0.1) is 0 Å². The van der Waals surface area contributed by atoms with Gasteiger partial charge < -0.3 is 9.67 Å². The van der Waals surface area contributed by atoms with Gasteiger partial charge in [-0.15, -0.1) is 20.4 Å². The number of aromatic hydroxyl groups is 1. The van der Waals surface area contributed by atoms with Crippen LogP contribution in [0.2, 0.25) is 0 Å². The summed E-state index contributed by atoms with van der Waals surface area (Å²) < 4.78 is 3.69. The monoisotopic (exact) mass is 544 g/mol. The highest BCUT2D eigenvalue weighted by Gasteiger charge is 2.19. The van der Waals surface area contributed by atoms with E-state index in [1.807, 2.05) is 120 Å². The van der Waals surface area contributed by atoms with E-state index >= 15 is 0 Å². The summed E-state index contributed by atoms with van der Waals surface area (Å²) in [5.74, 6) is 0.199. The van der Waals surface area contributed by atoms with Gasteiger partial charge in [-0.1, -0.05) is 109 Å². The normalized spacial score (nSPS) is 11.4. The van der Waals surface area contributed by atoms with Gasteiger partial charge in [-0.25, -0.2) is 0 Å². The van der Waals surface area contributed by atoms with Crippen LogP contribution in [0.3, 0.4) is 0 Å². The first-order valence-electron chi connectivity index (χ1n) is 12.7. The molecule has 4 aromatic carbocycles. The van der Waals surface area contributed by atoms with Gasteiger partial charge in [-0.2, -0.15) is 0 Å². The van der Waals surface area contributed by atoms with Crippen LogP contribution in [-0.2, 0) is 11.3 Å². The number of hydrogen-bond donors (Lipinski definition) is 1. The Morgan fingerprint density at radius 1 is 0.800 bits per heavy atom. The molecule has 0 fully saturated rings. The fraction of sp³-hybridized carbons (Fsp3) is 0.0645. The molecule has 0 unspecified atom stereocenters. The van der Waals surface area contributed by atoms with E-state index in [9.17, 15) is 9.90 Å². The standard InChI is InChI=1S/C31H24N6O2S/c38-27(21-40-31-35-34-29(23-14-6-2-7-15-23)37(31)24-16-8-3-9-17-24)32-33-28-25-18-10-11-19-26(25)36(30(28)39)20-22-12-4-1-5-13-22/h1-19,39H,20-21H2. The summed E-state index contributed by atoms with van der Waals surface area (Å²) in [5, 5.41) is 29.2. The smallest absolute Gasteiger partial charge is 0.275 e. The lowest BCUT2D eigenvalue weighted by molar-refractivity contribution is -0.115. The summed E-state index contributed by atoms with van der Waals surface area (Å²) >= 11 is 1.23. The molecular formula is C31H24N6O2S. The van der Waals surface area contributed by atoms with E-state index in [2.05, 4.69) is 20.4 Å². The number of hydrogen-bond acceptors (Lipinski definition) is 6. The van der Waals surface area contributed by atoms with Gasteiger partial charge in [0.15, 0.2) is 16.7 Å². The van der Waals surface area contributed by atoms with Crippen molar-refractivity contribution in [2.45, 2.75) is 11.7 Å². The molecule has 1 amide bonds. The molecule has 0 aliphatic carbocycles. The maximum Gasteiger partial charge on any atom is 0.275 e. The van der Waals surface area contributed by atoms with E-state index in [1.165, 1.54) is 11.8 Å². The number of aromatic nitrogens is 4. The summed E-state index contributed by atoms with van der Waals surface area (Å²) in [7, 11) is 0. The van der Waals surface area contributed by atoms with Gasteiger partial charge in [-0.3, -0.25) is 9.36 Å². The Kier molecular flexibility index (Phi) is 7.19. The lowest BCUT2D eigenvalue weighted by Gasteiger charge is -2.09. The second kappa shape index (κ2) is 11.4. The van der Waals surface area contributed by atoms with Crippen molar-refractivity contribution < 1.29 is 9.90 Å². The summed E-state index contributed by atoms with van der Waals surface area (Å²) in [6, 6.07) is 36.9. The van der Waals surface area contributed by atoms with Gasteiger partial charge >= 0.3 is 0 Å². The second-order valence-electron chi connectivity index (χ2n) is 8.99. The molecule has 0 saturated carbocycles. The van der Waals surface area contributed by atoms with E-state index in [0.29, 0.717) is 17.5 Å². The summed E-state index contributed by atoms with van der Waals surface area (Å²) in [6.07, 6.45) is 0. The van der Waals surface area contributed by atoms with Crippen LogP contribution >= 0.6 is 11.8 Å². The van der Waals surface area contributed by atoms with Crippen LogP contribution in [0.1, 0.15) is 5.56 Å². The van der Waals surface area contributed by atoms with Crippen LogP contribution in [-0.4, -0.2) is 36.1 Å². The maximum absolute atomic E-state index is 12.8. The predicted molar refractivity (Wildman–Crippen MR) is 156 cm³/mol. The molecule has 0 radical (unpaired) electrons. The second-order valence-corrected chi connectivity index (χ2v) is 9.93. The number of nitrogens with zero attached hydrogens (tertiary/aromatic N) is 6. The Balaban J connectivity index is 1.24. The average molecular weight is 545 g/mol. The number of carbonyl (C=O) groups is 1. The van der Waals surface area contributed by atoms with E-state index in [4.69, 9.17) is 0 Å². The highest BCUT2D eigenvalue weighted by Crippen LogP contribution is 2.39. The average Bonchev–Trinajstić information content (AvgIpc) is 3.55. The number of fused-ring (bicyclic) bond motifs is 1. The van der Waals surface area contributed by atoms with Crippen molar-refractivity contribution in [1.29, 1.82) is 0 Å². The molecular weight excluding hydrogens is 520 g/mol. The van der Waals surface area contributed by atoms with Crippen LogP contribution in [0.5, 0.6) is 5.88 Å². The van der Waals surface area contributed by atoms with Crippen molar-refractivity contribution in [2.75, 3.05) is 5.75 Å². The Morgan fingerprint density at radius 3 is 2.20 bits per heavy atom. The van der Waals surface area contributed by atoms with Gasteiger partial charge in [0.2, 0.25) is 5.88 Å². The van der Waals surface area contributed by atoms with Crippen molar-refractivity contribution in [1.82, 2.24) is 19.3 Å². The molecule has 2 heterocycles. The molecule has 0 aliphatic rings. The van der Waals surface area contributed by atoms with E-state index in [1.54, 1.807) is 4.57 Å². The molecule has 6 aromatic rings. The van der Waals surface area contributed by atoms with Crippen molar-refractivity contribution in [3.8, 4) is 23.0 Å². The van der Waals surface area contributed by atoms with Crippen LogP contribution < -0.4 is 0 Å². The zero-order valence-electron chi connectivity index (χ0n) is 21.3. The quantitative estimate of drug-likeness (QED) is 0.164. The molecule has 9 heteroatoms. The van der Waals surface area contributed by atoms with Gasteiger partial charge in [-0.05, 0) is 23.8 Å². The van der Waals surface area contributed by atoms with Crippen molar-refractivity contribution >= 4 is 34.3 Å². The molecule has 0 saturated heterocycles. The van der Waals surface area contributed by atoms with Crippen molar-refractivity contribution in [3.63, 3.8) is 0 Å². The van der Waals surface area contributed by atoms with Gasteiger partial charge in [0.05, 0.1) is 17.8 Å². The first-order chi connectivity index (χ1) is 19.7. The topological polar surface area (TPSA) is 97.7 Å². The molecule has 6 rings (SSSR count). The molecule has 1 N–H and O–H groups in total. The van der Waals surface area contributed by atoms with Gasteiger partial charge in [0.1, 0.15) is 0 Å². The third kappa shape index (κ3) is 5.14. The molecule has 0 atom stereocenters. The van der Waals surface area contributed by atoms with Gasteiger partial charge in [0.25, 0.3) is 5.91 Å². The number of benzene rings is 4. The lowest BCUT2D eigenvalue weighted by atomic mass is 10.2. The molecule has 0 aliphatic heterocycles. The van der Waals surface area contributed by atoms with E-state index in [-0.39, 0.29) is 17.3 Å². The predicted octanol–water partition coefficient (Wildman–Crippen LogP) is 7.05. The Hall–Kier alpha value is -5.02. The van der Waals surface area contributed by atoms with E-state index in [0.717, 1.165) is 27.7 Å². The Labute approximate surface area is 234 Å². The fourth-order valence-corrected chi connectivity index (χ4v) is 5.23. The fourth-order valence-electron chi connectivity index (χ4n) is 4.50. The minimum absolute atomic E-state index is 0.00662. The molecule has 2 aromatic heterocycles. The number of rotatable bonds is 8. The minimum Gasteiger partial charge on any atom is -0.493 e. The first kappa shape index (κ1) is 25.3. The largest absolute Gasteiger partial charge is 0.493 e. The van der Waals surface area contributed by atoms with E-state index < -0.39 is 5.91 Å². The third-order valence-corrected chi connectivity index (χ3v) is 7.28. The van der Waals surface area contributed by atoms with Crippen LogP contribution in [0.4, 0.5) is 5.69 Å². The minimum atomic E-state index is -0.451. The summed E-state index contributed by atoms with van der Waals surface area (Å²) in [4.78, 5) is 12.8. The third-order valence-electron chi connectivity index (χ3n) is 6.37. The summed E-state index contributed by atoms with van der Waals surface area (Å²) in [6.45, 7) is 0.464. The number of amides is 1. The number of azo groups is 1. The van der Waals surface area contributed by atoms with Crippen LogP contribution in [0.15, 0.2) is 131 Å². The Morgan fingerprint density at radius 2 is 1.45 bits per heavy atom. The van der Waals surface area contributed by atoms with Crippen molar-refractivity contribution in [2.24, 2.45) is 10.2 Å². The highest BCUT2D eigenvalue weighted by atomic mass is 32.2. The Bertz CT molecular complexity index is 1800. The number of para-hydroxylation sites is 2. The van der Waals surface area contributed by atoms with Gasteiger partial charge in [0, 0.05) is 16.6 Å². The molecule has 196 valence electrons. The zero-order valence-corrected chi connectivity index (χ0v) is 22.1. The maximum atomic E-state index is 12.8. The van der Waals surface area contributed by atoms with Crippen molar-refractivity contribution in [3.05, 3.63) is 121 Å². The lowest BCUT2D eigenvalue weighted by Crippen LogP contribution is -2.02. The number of thioether (sulfide) groups is 1. The summed E-state index contributed by atoms with van der Waals surface area (Å²) in [5.41, 5.74) is 3.91. The molecule has 8 nitrogen and oxygen atoms in total. The highest BCUT2D eigenvalue weighted by molar-refractivity contribution is 7.99. The molecule has 0 spiro atoms.